The zero-order valence-electron chi connectivity index (χ0n) is 12.7. The first kappa shape index (κ1) is 16.4. The number of benzene rings is 1. The van der Waals surface area contributed by atoms with E-state index in [2.05, 4.69) is 60.3 Å². The maximum absolute atomic E-state index is 4.38. The Morgan fingerprint density at radius 3 is 1.85 bits per heavy atom. The fraction of sp³-hybridized carbons (Fsp3) is 0.375. The predicted molar refractivity (Wildman–Crippen MR) is 87.2 cm³/mol. The fourth-order valence-corrected chi connectivity index (χ4v) is 1.96. The van der Waals surface area contributed by atoms with Gasteiger partial charge in [-0.15, -0.1) is 12.4 Å². The van der Waals surface area contributed by atoms with Crippen LogP contribution in [0.15, 0.2) is 30.3 Å². The second-order valence-electron chi connectivity index (χ2n) is 5.93. The summed E-state index contributed by atoms with van der Waals surface area (Å²) in [6, 6.07) is 10.4. The smallest absolute Gasteiger partial charge is 0.227 e. The van der Waals surface area contributed by atoms with Crippen LogP contribution in [0, 0.1) is 13.8 Å². The molecule has 0 radical (unpaired) electrons. The summed E-state index contributed by atoms with van der Waals surface area (Å²) in [6.45, 7) is 10.6. The van der Waals surface area contributed by atoms with E-state index in [1.807, 2.05) is 19.9 Å². The van der Waals surface area contributed by atoms with Crippen molar-refractivity contribution in [2.45, 2.75) is 40.0 Å². The Morgan fingerprint density at radius 1 is 0.900 bits per heavy atom. The van der Waals surface area contributed by atoms with Crippen molar-refractivity contribution in [2.24, 2.45) is 0 Å². The van der Waals surface area contributed by atoms with E-state index >= 15 is 0 Å². The molecule has 0 unspecified atom stereocenters. The van der Waals surface area contributed by atoms with Crippen molar-refractivity contribution in [2.75, 3.05) is 5.32 Å². The molecule has 1 heterocycles. The molecule has 20 heavy (non-hydrogen) atoms. The van der Waals surface area contributed by atoms with Gasteiger partial charge in [0.25, 0.3) is 0 Å². The normalized spacial score (nSPS) is 10.8. The lowest BCUT2D eigenvalue weighted by Gasteiger charge is -2.19. The van der Waals surface area contributed by atoms with Gasteiger partial charge in [0.15, 0.2) is 0 Å². The molecule has 108 valence electrons. The van der Waals surface area contributed by atoms with Crippen LogP contribution in [-0.4, -0.2) is 9.97 Å². The minimum absolute atomic E-state index is 0. The summed E-state index contributed by atoms with van der Waals surface area (Å²) in [5.74, 6) is 0.654. The van der Waals surface area contributed by atoms with Crippen LogP contribution in [0.1, 0.15) is 37.7 Å². The van der Waals surface area contributed by atoms with Crippen molar-refractivity contribution in [3.05, 3.63) is 47.3 Å². The molecule has 1 N–H and O–H groups in total. The van der Waals surface area contributed by atoms with E-state index in [-0.39, 0.29) is 17.8 Å². The van der Waals surface area contributed by atoms with E-state index in [0.29, 0.717) is 5.95 Å². The minimum Gasteiger partial charge on any atom is -0.324 e. The van der Waals surface area contributed by atoms with Crippen LogP contribution in [0.2, 0.25) is 0 Å². The van der Waals surface area contributed by atoms with E-state index in [1.165, 1.54) is 5.56 Å². The summed E-state index contributed by atoms with van der Waals surface area (Å²) >= 11 is 0. The van der Waals surface area contributed by atoms with Crippen LogP contribution in [0.4, 0.5) is 11.6 Å². The highest BCUT2D eigenvalue weighted by molar-refractivity contribution is 5.85. The van der Waals surface area contributed by atoms with Gasteiger partial charge in [0.2, 0.25) is 5.95 Å². The number of halogens is 1. The first-order chi connectivity index (χ1) is 8.84. The van der Waals surface area contributed by atoms with Gasteiger partial charge in [-0.05, 0) is 43.0 Å². The molecule has 0 aliphatic rings. The van der Waals surface area contributed by atoms with E-state index in [9.17, 15) is 0 Å². The Labute approximate surface area is 127 Å². The highest BCUT2D eigenvalue weighted by Crippen LogP contribution is 2.24. The quantitative estimate of drug-likeness (QED) is 0.881. The zero-order chi connectivity index (χ0) is 14.0. The number of hydrogen-bond donors (Lipinski definition) is 1. The lowest BCUT2D eigenvalue weighted by molar-refractivity contribution is 0.590. The summed E-state index contributed by atoms with van der Waals surface area (Å²) in [7, 11) is 0. The molecule has 0 aliphatic heterocycles. The van der Waals surface area contributed by atoms with Crippen molar-refractivity contribution < 1.29 is 0 Å². The summed E-state index contributed by atoms with van der Waals surface area (Å²) in [5.41, 5.74) is 4.45. The second-order valence-corrected chi connectivity index (χ2v) is 5.93. The van der Waals surface area contributed by atoms with Crippen LogP contribution in [0.3, 0.4) is 0 Å². The van der Waals surface area contributed by atoms with Gasteiger partial charge >= 0.3 is 0 Å². The van der Waals surface area contributed by atoms with Crippen molar-refractivity contribution in [3.8, 4) is 0 Å². The lowest BCUT2D eigenvalue weighted by Crippen LogP contribution is -2.10. The Bertz CT molecular complexity index is 551. The number of aryl methyl sites for hydroxylation is 2. The molecule has 2 aromatic rings. The molecule has 0 atom stereocenters. The number of aromatic nitrogens is 2. The lowest BCUT2D eigenvalue weighted by atomic mass is 9.87. The molecule has 1 aromatic carbocycles. The zero-order valence-corrected chi connectivity index (χ0v) is 13.5. The maximum atomic E-state index is 4.38. The molecule has 0 saturated heterocycles. The molecule has 0 amide bonds. The van der Waals surface area contributed by atoms with E-state index in [1.54, 1.807) is 0 Å². The van der Waals surface area contributed by atoms with Crippen molar-refractivity contribution in [1.29, 1.82) is 0 Å². The summed E-state index contributed by atoms with van der Waals surface area (Å²) in [4.78, 5) is 8.76. The highest BCUT2D eigenvalue weighted by atomic mass is 35.5. The van der Waals surface area contributed by atoms with Crippen LogP contribution in [-0.2, 0) is 5.41 Å². The van der Waals surface area contributed by atoms with Gasteiger partial charge in [0, 0.05) is 17.1 Å². The standard InChI is InChI=1S/C16H21N3.ClH/c1-11-10-12(2)18-15(17-11)19-14-8-6-13(7-9-14)16(3,4)5;/h6-10H,1-5H3,(H,17,18,19);1H. The molecule has 0 bridgehead atoms. The maximum Gasteiger partial charge on any atom is 0.227 e. The van der Waals surface area contributed by atoms with E-state index in [0.717, 1.165) is 17.1 Å². The number of anilines is 2. The molecule has 0 spiro atoms. The Hall–Kier alpha value is -1.61. The van der Waals surface area contributed by atoms with Gasteiger partial charge in [0.05, 0.1) is 0 Å². The van der Waals surface area contributed by atoms with Crippen LogP contribution < -0.4 is 5.32 Å². The molecule has 2 rings (SSSR count). The average Bonchev–Trinajstić information content (AvgIpc) is 2.26. The van der Waals surface area contributed by atoms with Crippen molar-refractivity contribution in [3.63, 3.8) is 0 Å². The van der Waals surface area contributed by atoms with Crippen LogP contribution in [0.25, 0.3) is 0 Å². The highest BCUT2D eigenvalue weighted by Gasteiger charge is 2.12. The summed E-state index contributed by atoms with van der Waals surface area (Å²) < 4.78 is 0. The van der Waals surface area contributed by atoms with Gasteiger partial charge in [0.1, 0.15) is 0 Å². The Kier molecular flexibility index (Phi) is 5.12. The van der Waals surface area contributed by atoms with Crippen molar-refractivity contribution >= 4 is 24.0 Å². The molecular formula is C16H22ClN3. The molecule has 0 aliphatic carbocycles. The largest absolute Gasteiger partial charge is 0.324 e. The third-order valence-electron chi connectivity index (χ3n) is 2.99. The van der Waals surface area contributed by atoms with Crippen molar-refractivity contribution in [1.82, 2.24) is 9.97 Å². The molecule has 0 fully saturated rings. The summed E-state index contributed by atoms with van der Waals surface area (Å²) in [5, 5.41) is 3.24. The first-order valence-electron chi connectivity index (χ1n) is 6.54. The molecular weight excluding hydrogens is 270 g/mol. The van der Waals surface area contributed by atoms with Gasteiger partial charge in [-0.3, -0.25) is 0 Å². The third-order valence-corrected chi connectivity index (χ3v) is 2.99. The molecule has 3 nitrogen and oxygen atoms in total. The molecule has 0 saturated carbocycles. The second kappa shape index (κ2) is 6.23. The van der Waals surface area contributed by atoms with Gasteiger partial charge < -0.3 is 5.32 Å². The number of nitrogens with one attached hydrogen (secondary N) is 1. The average molecular weight is 292 g/mol. The van der Waals surface area contributed by atoms with E-state index in [4.69, 9.17) is 0 Å². The van der Waals surface area contributed by atoms with Gasteiger partial charge in [-0.1, -0.05) is 32.9 Å². The summed E-state index contributed by atoms with van der Waals surface area (Å²) in [6.07, 6.45) is 0. The van der Waals surface area contributed by atoms with Gasteiger partial charge in [-0.2, -0.15) is 0 Å². The number of nitrogens with zero attached hydrogens (tertiary/aromatic N) is 2. The van der Waals surface area contributed by atoms with Crippen LogP contribution >= 0.6 is 12.4 Å². The first-order valence-corrected chi connectivity index (χ1v) is 6.54. The number of rotatable bonds is 2. The molecule has 1 aromatic heterocycles. The minimum atomic E-state index is 0. The topological polar surface area (TPSA) is 37.8 Å². The number of hydrogen-bond acceptors (Lipinski definition) is 3. The Balaban J connectivity index is 0.00000200. The third kappa shape index (κ3) is 4.20. The van der Waals surface area contributed by atoms with E-state index < -0.39 is 0 Å². The van der Waals surface area contributed by atoms with Gasteiger partial charge in [-0.25, -0.2) is 9.97 Å². The van der Waals surface area contributed by atoms with Crippen LogP contribution in [0.5, 0.6) is 0 Å². The predicted octanol–water partition coefficient (Wildman–Crippen LogP) is 4.56. The SMILES string of the molecule is Cc1cc(C)nc(Nc2ccc(C(C)(C)C)cc2)n1.Cl. The molecule has 4 heteroatoms. The Morgan fingerprint density at radius 2 is 1.40 bits per heavy atom. The fourth-order valence-electron chi connectivity index (χ4n) is 1.96. The monoisotopic (exact) mass is 291 g/mol.